The lowest BCUT2D eigenvalue weighted by molar-refractivity contribution is 0.0699. The maximum atomic E-state index is 6.18. The van der Waals surface area contributed by atoms with Crippen LogP contribution in [0, 0.1) is 0 Å². The first-order valence-electron chi connectivity index (χ1n) is 41.9. The van der Waals surface area contributed by atoms with Crippen LogP contribution in [0.15, 0.2) is 171 Å². The Kier molecular flexibility index (Phi) is 36.8. The summed E-state index contributed by atoms with van der Waals surface area (Å²) in [5.41, 5.74) is 19.0. The Hall–Kier alpha value is -8.37. The Bertz CT molecular complexity index is 3890. The molecular formula is C90H128N10O12Si4. The number of hydrogen-bond acceptors (Lipinski definition) is 20. The second kappa shape index (κ2) is 46.7. The molecule has 626 valence electrons. The zero-order valence-electron chi connectivity index (χ0n) is 70.9. The number of nitrogens with zero attached hydrogens (tertiary/aromatic N) is 2. The number of rotatable bonds is 56. The second-order valence-electron chi connectivity index (χ2n) is 27.9. The minimum Gasteiger partial charge on any atom is -0.374 e. The lowest BCUT2D eigenvalue weighted by Gasteiger charge is -2.28. The van der Waals surface area contributed by atoms with E-state index in [1.54, 1.807) is 0 Å². The highest BCUT2D eigenvalue weighted by Crippen LogP contribution is 2.40. The third-order valence-electron chi connectivity index (χ3n) is 19.5. The summed E-state index contributed by atoms with van der Waals surface area (Å²) in [6, 6.07) is 45.6. The number of allylic oxidation sites excluding steroid dienone is 1. The maximum Gasteiger partial charge on any atom is 0.500 e. The first-order chi connectivity index (χ1) is 56.4. The minimum absolute atomic E-state index is 0.531. The van der Waals surface area contributed by atoms with E-state index in [2.05, 4.69) is 214 Å². The van der Waals surface area contributed by atoms with Crippen LogP contribution in [-0.2, 0) is 59.5 Å². The third-order valence-corrected chi connectivity index (χ3v) is 32.1. The first-order valence-corrected chi connectivity index (χ1v) is 49.6. The average Bonchev–Trinajstić information content (AvgIpc) is 1.61. The number of nitrogens with one attached hydrogen (secondary N) is 8. The van der Waals surface area contributed by atoms with Crippen LogP contribution in [0.2, 0.25) is 24.2 Å². The number of H-pyrrole nitrogens is 2. The molecule has 0 atom stereocenters. The number of benzene rings is 4. The Morgan fingerprint density at radius 3 is 0.776 bits per heavy atom. The van der Waals surface area contributed by atoms with Crippen LogP contribution in [-0.4, -0.2) is 154 Å². The van der Waals surface area contributed by atoms with Crippen LogP contribution in [0.3, 0.4) is 0 Å². The normalized spacial score (nSPS) is 12.3. The van der Waals surface area contributed by atoms with Crippen LogP contribution < -0.4 is 31.9 Å². The Balaban J connectivity index is 1.13. The van der Waals surface area contributed by atoms with Gasteiger partial charge >= 0.3 is 35.2 Å². The molecule has 26 heteroatoms. The summed E-state index contributed by atoms with van der Waals surface area (Å²) in [6.45, 7) is 49.9. The highest BCUT2D eigenvalue weighted by molar-refractivity contribution is 6.62. The maximum absolute atomic E-state index is 6.18. The van der Waals surface area contributed by atoms with Crippen molar-refractivity contribution < 1.29 is 53.1 Å². The van der Waals surface area contributed by atoms with Gasteiger partial charge in [0.2, 0.25) is 0 Å². The van der Waals surface area contributed by atoms with Crippen molar-refractivity contribution in [1.82, 2.24) is 35.9 Å². The van der Waals surface area contributed by atoms with E-state index < -0.39 is 35.2 Å². The number of hydrogen-bond donors (Lipinski definition) is 8. The van der Waals surface area contributed by atoms with E-state index in [9.17, 15) is 0 Å². The molecule has 0 unspecified atom stereocenters. The van der Waals surface area contributed by atoms with Crippen molar-refractivity contribution in [2.75, 3.05) is 115 Å². The summed E-state index contributed by atoms with van der Waals surface area (Å²) in [4.78, 5) is 19.3. The van der Waals surface area contributed by atoms with Gasteiger partial charge in [-0.15, -0.1) is 0 Å². The minimum atomic E-state index is -2.80. The van der Waals surface area contributed by atoms with Gasteiger partial charge in [-0.3, -0.25) is 0 Å². The summed E-state index contributed by atoms with van der Waals surface area (Å²) in [6.07, 6.45) is 14.4. The van der Waals surface area contributed by atoms with Gasteiger partial charge in [0.25, 0.3) is 0 Å². The lowest BCUT2D eigenvalue weighted by Crippen LogP contribution is -2.46. The van der Waals surface area contributed by atoms with E-state index in [0.717, 1.165) is 157 Å². The number of fused-ring (bicyclic) bond motifs is 8. The topological polar surface area (TPSA) is 240 Å². The van der Waals surface area contributed by atoms with Gasteiger partial charge in [-0.25, -0.2) is 9.97 Å². The van der Waals surface area contributed by atoms with Crippen molar-refractivity contribution in [3.05, 3.63) is 199 Å². The van der Waals surface area contributed by atoms with Crippen molar-refractivity contribution in [2.45, 2.75) is 152 Å². The summed E-state index contributed by atoms with van der Waals surface area (Å²) < 4.78 is 73.8. The molecule has 2 aliphatic rings. The van der Waals surface area contributed by atoms with Gasteiger partial charge in [0, 0.05) is 184 Å². The molecule has 8 N–H and O–H groups in total. The summed E-state index contributed by atoms with van der Waals surface area (Å²) in [5.74, 6) is 2.01. The smallest absolute Gasteiger partial charge is 0.374 e. The first kappa shape index (κ1) is 91.5. The number of aromatic nitrogens is 4. The molecule has 9 rings (SSSR count). The van der Waals surface area contributed by atoms with E-state index in [0.29, 0.717) is 135 Å². The molecule has 0 saturated carbocycles. The Morgan fingerprint density at radius 1 is 0.302 bits per heavy atom. The summed E-state index contributed by atoms with van der Waals surface area (Å²) >= 11 is 0. The standard InChI is InChI=1S/C90H128N10O12Si4/c1-17-101-113(102-18-2,103-19-3)62-30-29-34-67(13)66-71-35-37-72(38-36-71)87-79-51-53-81(97-79)88(73-39-45-76(46-40-73)94-68(14)91-59-31-63-114(104-20-4,105-21-5)106-22-6)83-55-57-85(99-83)90(75-43-49-78(50-44-75)96-70(16)93-61-33-65-116(110-26-10,111-27-11)112-28-12)86-58-56-84(100-86)89(82-54-52-80(87)98-82)74-41-47-77(48-42-74)95-69(15)92-60-32-64-115(107-23-7,108-24-8)109-25-9/h35-58,91-97,100H,13-34,59-66H2,1-12H3. The average molecular weight is 1650 g/mol. The fraction of sp³-hybridized carbons (Fsp3) is 0.422. The number of anilines is 3. The van der Waals surface area contributed by atoms with Crippen LogP contribution in [0.25, 0.3) is 90.9 Å². The molecule has 116 heavy (non-hydrogen) atoms. The van der Waals surface area contributed by atoms with Crippen LogP contribution in [0.5, 0.6) is 0 Å². The molecule has 3 aromatic heterocycles. The van der Waals surface area contributed by atoms with Gasteiger partial charge in [0.15, 0.2) is 0 Å². The highest BCUT2D eigenvalue weighted by Gasteiger charge is 2.43. The molecule has 22 nitrogen and oxygen atoms in total. The number of aromatic amines is 2. The van der Waals surface area contributed by atoms with Crippen LogP contribution >= 0.6 is 0 Å². The third kappa shape index (κ3) is 25.8. The van der Waals surface area contributed by atoms with Crippen molar-refractivity contribution in [2.24, 2.45) is 0 Å². The Morgan fingerprint density at radius 2 is 0.534 bits per heavy atom. The molecule has 8 bridgehead atoms. The molecule has 5 heterocycles. The predicted octanol–water partition coefficient (Wildman–Crippen LogP) is 20.4. The van der Waals surface area contributed by atoms with Crippen molar-refractivity contribution in [3.8, 4) is 44.5 Å². The second-order valence-corrected chi connectivity index (χ2v) is 38.8. The monoisotopic (exact) mass is 1650 g/mol. The van der Waals surface area contributed by atoms with Crippen molar-refractivity contribution >= 4 is 98.7 Å². The molecule has 0 spiro atoms. The molecule has 0 aliphatic carbocycles. The van der Waals surface area contributed by atoms with Crippen molar-refractivity contribution in [3.63, 3.8) is 0 Å². The molecular weight excluding hydrogens is 1530 g/mol. The molecule has 0 amide bonds. The van der Waals surface area contributed by atoms with Crippen LogP contribution in [0.1, 0.15) is 150 Å². The van der Waals surface area contributed by atoms with Gasteiger partial charge in [-0.1, -0.05) is 92.6 Å². The fourth-order valence-corrected chi connectivity index (χ4v) is 25.3. The van der Waals surface area contributed by atoms with Gasteiger partial charge in [-0.2, -0.15) is 0 Å². The van der Waals surface area contributed by atoms with E-state index in [-0.39, 0.29) is 0 Å². The Labute approximate surface area is 694 Å². The lowest BCUT2D eigenvalue weighted by atomic mass is 9.98. The van der Waals surface area contributed by atoms with E-state index >= 15 is 0 Å². The van der Waals surface area contributed by atoms with Crippen LogP contribution in [0.4, 0.5) is 17.1 Å². The van der Waals surface area contributed by atoms with E-state index in [1.807, 2.05) is 83.1 Å². The molecule has 0 radical (unpaired) electrons. The van der Waals surface area contributed by atoms with Crippen molar-refractivity contribution in [1.29, 1.82) is 0 Å². The molecule has 2 aliphatic heterocycles. The predicted molar refractivity (Wildman–Crippen MR) is 485 cm³/mol. The molecule has 0 fully saturated rings. The molecule has 7 aromatic rings. The van der Waals surface area contributed by atoms with Gasteiger partial charge in [0.05, 0.1) is 40.2 Å². The van der Waals surface area contributed by atoms with Gasteiger partial charge in [-0.05, 0) is 241 Å². The highest BCUT2D eigenvalue weighted by atomic mass is 28.4. The van der Waals surface area contributed by atoms with E-state index in [4.69, 9.17) is 63.1 Å². The fourth-order valence-electron chi connectivity index (χ4n) is 14.8. The number of unbranched alkanes of at least 4 members (excludes halogenated alkanes) is 1. The quantitative estimate of drug-likeness (QED) is 0.0100. The largest absolute Gasteiger partial charge is 0.500 e. The SMILES string of the molecule is C=C(CCCC[Si](OCC)(OCC)OCC)Cc1ccc(-c2c3nc(c(-c4ccc(NC(=C)NCCC[Si](OCC)(OCC)OCC)cc4)c4ccc([nH]4)c(-c4ccc(NC(=C)NCCC[Si](OCC)(OCC)OCC)cc4)c4nc(c(-c5ccc(NC(=C)NCCC[Si](OCC)(OCC)OCC)cc5)c5ccc2[nH]5)C=C4)C=C3)cc1. The summed E-state index contributed by atoms with van der Waals surface area (Å²) in [5, 5.41) is 20.9. The molecule has 4 aromatic carbocycles. The zero-order chi connectivity index (χ0) is 82.8. The van der Waals surface area contributed by atoms with Gasteiger partial charge < -0.3 is 95.0 Å². The van der Waals surface area contributed by atoms with Gasteiger partial charge in [0.1, 0.15) is 0 Å². The zero-order valence-corrected chi connectivity index (χ0v) is 74.9. The summed E-state index contributed by atoms with van der Waals surface area (Å²) in [7, 11) is -11.2. The molecule has 0 saturated heterocycles. The van der Waals surface area contributed by atoms with E-state index in [1.165, 1.54) is 11.1 Å².